The van der Waals surface area contributed by atoms with Crippen molar-refractivity contribution < 1.29 is 17.9 Å². The highest BCUT2D eigenvalue weighted by atomic mass is 35.5. The molecule has 1 heterocycles. The number of hydrogen-bond donors (Lipinski definition) is 1. The second-order valence-corrected chi connectivity index (χ2v) is 7.73. The molecule has 1 aliphatic rings. The first-order valence-electron chi connectivity index (χ1n) is 8.06. The van der Waals surface area contributed by atoms with E-state index in [2.05, 4.69) is 17.1 Å². The highest BCUT2D eigenvalue weighted by molar-refractivity contribution is 7.89. The smallest absolute Gasteiger partial charge is 0.243 e. The molecule has 1 aromatic rings. The molecule has 25 heavy (non-hydrogen) atoms. The third kappa shape index (κ3) is 5.31. The van der Waals surface area contributed by atoms with Crippen molar-refractivity contribution in [1.29, 1.82) is 0 Å². The van der Waals surface area contributed by atoms with E-state index < -0.39 is 10.0 Å². The maximum Gasteiger partial charge on any atom is 0.243 e. The summed E-state index contributed by atoms with van der Waals surface area (Å²) >= 11 is 0. The maximum absolute atomic E-state index is 12.8. The summed E-state index contributed by atoms with van der Waals surface area (Å²) in [5, 5.41) is 2.61. The SMILES string of the molecule is CCCN1CCN(S(=O)(=O)c2ccc(OC)c(NC(C)=O)c2)CC1.Cl. The van der Waals surface area contributed by atoms with Gasteiger partial charge in [-0.3, -0.25) is 4.79 Å². The minimum absolute atomic E-state index is 0. The lowest BCUT2D eigenvalue weighted by Crippen LogP contribution is -2.48. The lowest BCUT2D eigenvalue weighted by Gasteiger charge is -2.33. The van der Waals surface area contributed by atoms with E-state index in [4.69, 9.17) is 4.74 Å². The number of anilines is 1. The summed E-state index contributed by atoms with van der Waals surface area (Å²) in [6.07, 6.45) is 1.06. The summed E-state index contributed by atoms with van der Waals surface area (Å²) in [5.74, 6) is 0.146. The minimum Gasteiger partial charge on any atom is -0.495 e. The van der Waals surface area contributed by atoms with Gasteiger partial charge in [-0.1, -0.05) is 6.92 Å². The van der Waals surface area contributed by atoms with Crippen LogP contribution in [0.3, 0.4) is 0 Å². The Labute approximate surface area is 155 Å². The Balaban J connectivity index is 0.00000312. The Morgan fingerprint density at radius 3 is 2.40 bits per heavy atom. The molecule has 0 aliphatic carbocycles. The highest BCUT2D eigenvalue weighted by Gasteiger charge is 2.28. The number of methoxy groups -OCH3 is 1. The highest BCUT2D eigenvalue weighted by Crippen LogP contribution is 2.29. The summed E-state index contributed by atoms with van der Waals surface area (Å²) < 4.78 is 32.4. The standard InChI is InChI=1S/C16H25N3O4S.ClH/c1-4-7-18-8-10-19(11-9-18)24(21,22)14-5-6-16(23-3)15(12-14)17-13(2)20;/h5-6,12H,4,7-11H2,1-3H3,(H,17,20);1H. The van der Waals surface area contributed by atoms with Crippen molar-refractivity contribution in [2.45, 2.75) is 25.2 Å². The number of sulfonamides is 1. The predicted octanol–water partition coefficient (Wildman–Crippen LogP) is 1.79. The molecule has 0 saturated carbocycles. The molecule has 0 atom stereocenters. The van der Waals surface area contributed by atoms with Gasteiger partial charge in [-0.25, -0.2) is 8.42 Å². The Morgan fingerprint density at radius 2 is 1.88 bits per heavy atom. The van der Waals surface area contributed by atoms with Crippen molar-refractivity contribution in [2.24, 2.45) is 0 Å². The molecule has 1 N–H and O–H groups in total. The van der Waals surface area contributed by atoms with Crippen LogP contribution in [0.1, 0.15) is 20.3 Å². The fourth-order valence-electron chi connectivity index (χ4n) is 2.79. The predicted molar refractivity (Wildman–Crippen MR) is 100 cm³/mol. The second kappa shape index (κ2) is 9.38. The van der Waals surface area contributed by atoms with Crippen molar-refractivity contribution in [2.75, 3.05) is 45.2 Å². The number of amides is 1. The molecule has 0 radical (unpaired) electrons. The van der Waals surface area contributed by atoms with E-state index in [1.807, 2.05) is 0 Å². The molecule has 9 heteroatoms. The van der Waals surface area contributed by atoms with Crippen LogP contribution in [0.5, 0.6) is 5.75 Å². The fourth-order valence-corrected chi connectivity index (χ4v) is 4.24. The van der Waals surface area contributed by atoms with Gasteiger partial charge in [-0.15, -0.1) is 12.4 Å². The zero-order valence-electron chi connectivity index (χ0n) is 14.8. The van der Waals surface area contributed by atoms with Crippen molar-refractivity contribution in [3.05, 3.63) is 18.2 Å². The van der Waals surface area contributed by atoms with Crippen LogP contribution in [0.4, 0.5) is 5.69 Å². The van der Waals surface area contributed by atoms with E-state index in [9.17, 15) is 13.2 Å². The van der Waals surface area contributed by atoms with Gasteiger partial charge in [0, 0.05) is 33.1 Å². The van der Waals surface area contributed by atoms with Crippen LogP contribution >= 0.6 is 12.4 Å². The van der Waals surface area contributed by atoms with Gasteiger partial charge in [-0.2, -0.15) is 4.31 Å². The Kier molecular flexibility index (Phi) is 8.14. The minimum atomic E-state index is -3.58. The summed E-state index contributed by atoms with van der Waals surface area (Å²) in [4.78, 5) is 13.7. The number of ether oxygens (including phenoxy) is 1. The molecule has 1 fully saturated rings. The summed E-state index contributed by atoms with van der Waals surface area (Å²) in [5.41, 5.74) is 0.357. The molecule has 1 aromatic carbocycles. The van der Waals surface area contributed by atoms with Gasteiger partial charge in [0.2, 0.25) is 15.9 Å². The molecule has 2 rings (SSSR count). The van der Waals surface area contributed by atoms with Gasteiger partial charge in [-0.05, 0) is 31.2 Å². The number of benzene rings is 1. The monoisotopic (exact) mass is 391 g/mol. The second-order valence-electron chi connectivity index (χ2n) is 5.79. The van der Waals surface area contributed by atoms with E-state index in [0.717, 1.165) is 26.1 Å². The Bertz CT molecular complexity index is 689. The molecule has 7 nitrogen and oxygen atoms in total. The van der Waals surface area contributed by atoms with Crippen LogP contribution in [0.2, 0.25) is 0 Å². The third-order valence-electron chi connectivity index (χ3n) is 3.99. The summed E-state index contributed by atoms with van der Waals surface area (Å²) in [6.45, 7) is 6.90. The number of halogens is 1. The molecule has 0 aromatic heterocycles. The molecular weight excluding hydrogens is 366 g/mol. The quantitative estimate of drug-likeness (QED) is 0.799. The maximum atomic E-state index is 12.8. The lowest BCUT2D eigenvalue weighted by molar-refractivity contribution is -0.114. The number of carbonyl (C=O) groups excluding carboxylic acids is 1. The first-order valence-corrected chi connectivity index (χ1v) is 9.50. The summed E-state index contributed by atoms with van der Waals surface area (Å²) in [7, 11) is -2.11. The lowest BCUT2D eigenvalue weighted by atomic mass is 10.3. The van der Waals surface area contributed by atoms with Gasteiger partial charge in [0.15, 0.2) is 0 Å². The topological polar surface area (TPSA) is 79.0 Å². The van der Waals surface area contributed by atoms with Crippen LogP contribution in [0.25, 0.3) is 0 Å². The Hall–Kier alpha value is -1.35. The number of hydrogen-bond acceptors (Lipinski definition) is 5. The number of nitrogens with zero attached hydrogens (tertiary/aromatic N) is 2. The van der Waals surface area contributed by atoms with Gasteiger partial charge < -0.3 is 15.0 Å². The number of piperazine rings is 1. The van der Waals surface area contributed by atoms with Crippen molar-refractivity contribution in [3.8, 4) is 5.75 Å². The fraction of sp³-hybridized carbons (Fsp3) is 0.562. The zero-order chi connectivity index (χ0) is 17.7. The van der Waals surface area contributed by atoms with Crippen molar-refractivity contribution in [3.63, 3.8) is 0 Å². The average molecular weight is 392 g/mol. The van der Waals surface area contributed by atoms with Gasteiger partial charge in [0.25, 0.3) is 0 Å². The van der Waals surface area contributed by atoms with E-state index in [0.29, 0.717) is 24.5 Å². The number of nitrogens with one attached hydrogen (secondary N) is 1. The number of rotatable bonds is 6. The number of carbonyl (C=O) groups is 1. The molecular formula is C16H26ClN3O4S. The first-order chi connectivity index (χ1) is 11.4. The van der Waals surface area contributed by atoms with Gasteiger partial charge >= 0.3 is 0 Å². The van der Waals surface area contributed by atoms with Crippen LogP contribution in [0.15, 0.2) is 23.1 Å². The Morgan fingerprint density at radius 1 is 1.24 bits per heavy atom. The van der Waals surface area contributed by atoms with E-state index >= 15 is 0 Å². The van der Waals surface area contributed by atoms with E-state index in [1.165, 1.54) is 30.5 Å². The molecule has 1 amide bonds. The molecule has 142 valence electrons. The van der Waals surface area contributed by atoms with Crippen molar-refractivity contribution in [1.82, 2.24) is 9.21 Å². The first kappa shape index (κ1) is 21.7. The molecule has 1 saturated heterocycles. The van der Waals surface area contributed by atoms with Crippen LogP contribution in [0, 0.1) is 0 Å². The van der Waals surface area contributed by atoms with Crippen LogP contribution in [-0.4, -0.2) is 63.4 Å². The van der Waals surface area contributed by atoms with Gasteiger partial charge in [0.1, 0.15) is 5.75 Å². The van der Waals surface area contributed by atoms with Crippen LogP contribution in [-0.2, 0) is 14.8 Å². The van der Waals surface area contributed by atoms with Crippen LogP contribution < -0.4 is 10.1 Å². The molecule has 0 spiro atoms. The third-order valence-corrected chi connectivity index (χ3v) is 5.89. The van der Waals surface area contributed by atoms with E-state index in [-0.39, 0.29) is 23.2 Å². The van der Waals surface area contributed by atoms with Gasteiger partial charge in [0.05, 0.1) is 17.7 Å². The average Bonchev–Trinajstić information content (AvgIpc) is 2.55. The van der Waals surface area contributed by atoms with E-state index in [1.54, 1.807) is 6.07 Å². The largest absolute Gasteiger partial charge is 0.495 e. The molecule has 1 aliphatic heterocycles. The normalized spacial score (nSPS) is 16.1. The molecule has 0 bridgehead atoms. The summed E-state index contributed by atoms with van der Waals surface area (Å²) in [6, 6.07) is 4.53. The van der Waals surface area contributed by atoms with Crippen molar-refractivity contribution >= 4 is 34.0 Å². The molecule has 0 unspecified atom stereocenters. The zero-order valence-corrected chi connectivity index (χ0v) is 16.5.